The van der Waals surface area contributed by atoms with Gasteiger partial charge in [0, 0.05) is 0 Å². The van der Waals surface area contributed by atoms with E-state index in [0.29, 0.717) is 5.82 Å². The van der Waals surface area contributed by atoms with E-state index in [4.69, 9.17) is 10.6 Å². The predicted octanol–water partition coefficient (Wildman–Crippen LogP) is 0.381. The molecule has 0 aliphatic rings. The molecule has 11 heavy (non-hydrogen) atoms. The van der Waals surface area contributed by atoms with Gasteiger partial charge in [-0.1, -0.05) is 0 Å². The summed E-state index contributed by atoms with van der Waals surface area (Å²) in [5.74, 6) is 0.673. The van der Waals surface area contributed by atoms with E-state index in [-0.39, 0.29) is 0 Å². The van der Waals surface area contributed by atoms with Crippen LogP contribution >= 0.6 is 0 Å². The van der Waals surface area contributed by atoms with E-state index in [1.807, 2.05) is 24.4 Å². The van der Waals surface area contributed by atoms with E-state index in [2.05, 4.69) is 0 Å². The molecule has 0 amide bonds. The topological polar surface area (TPSA) is 44.6 Å². The number of aromatic nitrogens is 2. The van der Waals surface area contributed by atoms with Crippen LogP contribution in [0.25, 0.3) is 5.52 Å². The first-order valence-electron chi connectivity index (χ1n) is 3.32. The van der Waals surface area contributed by atoms with Gasteiger partial charge in [-0.2, -0.15) is 0 Å². The molecule has 2 aromatic rings. The lowest BCUT2D eigenvalue weighted by atomic mass is 10.5. The van der Waals surface area contributed by atoms with Gasteiger partial charge < -0.3 is 10.6 Å². The largest absolute Gasteiger partial charge is 0.401 e. The van der Waals surface area contributed by atoms with Gasteiger partial charge in [-0.05, 0) is 18.2 Å². The maximum absolute atomic E-state index is 5.66. The maximum Gasteiger partial charge on any atom is 0.126 e. The number of hydrogen-bond acceptors (Lipinski definition) is 2. The fourth-order valence-corrected chi connectivity index (χ4v) is 1.16. The molecule has 0 spiro atoms. The highest BCUT2D eigenvalue weighted by Gasteiger charge is 2.01. The zero-order chi connectivity index (χ0) is 7.84. The van der Waals surface area contributed by atoms with Crippen LogP contribution in [-0.2, 0) is 0 Å². The summed E-state index contributed by atoms with van der Waals surface area (Å²) < 4.78 is 1.78. The lowest BCUT2D eigenvalue weighted by Crippen LogP contribution is -2.12. The number of anilines is 1. The average molecular weight is 151 g/mol. The molecule has 2 rings (SSSR count). The molecule has 2 N–H and O–H groups in total. The predicted molar refractivity (Wildman–Crippen MR) is 42.3 cm³/mol. The van der Waals surface area contributed by atoms with Gasteiger partial charge in [-0.25, -0.2) is 4.52 Å². The summed E-state index contributed by atoms with van der Waals surface area (Å²) in [6.07, 6.45) is 1.81. The Balaban J connectivity index is 2.80. The Bertz CT molecular complexity index is 374. The first-order chi connectivity index (χ1) is 5.33. The number of rotatable bonds is 1. The van der Waals surface area contributed by atoms with Crippen LogP contribution in [-0.4, -0.2) is 16.5 Å². The minimum absolute atomic E-state index is 0.673. The second kappa shape index (κ2) is 1.95. The minimum atomic E-state index is 0.673. The quantitative estimate of drug-likeness (QED) is 0.640. The first-order valence-corrected chi connectivity index (χ1v) is 3.32. The van der Waals surface area contributed by atoms with Crippen molar-refractivity contribution in [2.45, 2.75) is 0 Å². The van der Waals surface area contributed by atoms with Crippen molar-refractivity contribution in [3.8, 4) is 0 Å². The van der Waals surface area contributed by atoms with Crippen molar-refractivity contribution in [1.82, 2.24) is 9.36 Å². The second-order valence-electron chi connectivity index (χ2n) is 2.30. The van der Waals surface area contributed by atoms with Crippen LogP contribution in [0, 0.1) is 0 Å². The summed E-state index contributed by atoms with van der Waals surface area (Å²) in [5, 5.41) is 0. The van der Waals surface area contributed by atoms with Crippen LogP contribution in [0.5, 0.6) is 0 Å². The van der Waals surface area contributed by atoms with Gasteiger partial charge in [-0.3, -0.25) is 0 Å². The molecule has 4 heteroatoms. The normalized spacial score (nSPS) is 10.6. The van der Waals surface area contributed by atoms with Gasteiger partial charge in [-0.15, -0.1) is 4.85 Å². The van der Waals surface area contributed by atoms with Crippen molar-refractivity contribution in [3.05, 3.63) is 24.4 Å². The van der Waals surface area contributed by atoms with E-state index >= 15 is 0 Å². The van der Waals surface area contributed by atoms with E-state index in [1.54, 1.807) is 16.5 Å². The number of hydrogen-bond donors (Lipinski definition) is 1. The van der Waals surface area contributed by atoms with Crippen molar-refractivity contribution >= 4 is 11.3 Å². The van der Waals surface area contributed by atoms with Crippen LogP contribution in [0.15, 0.2) is 24.4 Å². The van der Waals surface area contributed by atoms with Crippen molar-refractivity contribution in [3.63, 3.8) is 0 Å². The third kappa shape index (κ3) is 0.690. The molecule has 0 aromatic carbocycles. The van der Waals surface area contributed by atoms with Crippen LogP contribution in [0.4, 0.5) is 5.82 Å². The number of nitrogen functional groups attached to an aromatic ring is 1. The molecule has 0 saturated carbocycles. The highest BCUT2D eigenvalue weighted by molar-refractivity contribution is 5.54. The van der Waals surface area contributed by atoms with Crippen molar-refractivity contribution in [2.24, 2.45) is 0 Å². The summed E-state index contributed by atoms with van der Waals surface area (Å²) in [6, 6.07) is 5.70. The number of fused-ring (bicyclic) bond motifs is 1. The lowest BCUT2D eigenvalue weighted by Gasteiger charge is -2.02. The Morgan fingerprint density at radius 1 is 1.36 bits per heavy atom. The Hall–Kier alpha value is -1.58. The van der Waals surface area contributed by atoms with E-state index in [9.17, 15) is 0 Å². The molecule has 0 aliphatic carbocycles. The summed E-state index contributed by atoms with van der Waals surface area (Å²) in [5.41, 5.74) is 6.69. The highest BCUT2D eigenvalue weighted by Crippen LogP contribution is 2.11. The summed E-state index contributed by atoms with van der Waals surface area (Å²) >= 11 is 0. The van der Waals surface area contributed by atoms with Crippen molar-refractivity contribution < 1.29 is 4.84 Å². The summed E-state index contributed by atoms with van der Waals surface area (Å²) in [4.78, 5) is 6.58. The summed E-state index contributed by atoms with van der Waals surface area (Å²) in [6.45, 7) is 0. The summed E-state index contributed by atoms with van der Waals surface area (Å²) in [7, 11) is 1.60. The molecule has 4 nitrogen and oxygen atoms in total. The van der Waals surface area contributed by atoms with E-state index < -0.39 is 0 Å². The Morgan fingerprint density at radius 3 is 2.91 bits per heavy atom. The fraction of sp³-hybridized carbons (Fsp3) is 0.143. The smallest absolute Gasteiger partial charge is 0.126 e. The fourth-order valence-electron chi connectivity index (χ4n) is 1.16. The second-order valence-corrected chi connectivity index (χ2v) is 2.30. The molecular formula is C7H9N3O. The lowest BCUT2D eigenvalue weighted by molar-refractivity contribution is 0.125. The molecular weight excluding hydrogens is 142 g/mol. The molecule has 0 saturated heterocycles. The first kappa shape index (κ1) is 6.15. The zero-order valence-electron chi connectivity index (χ0n) is 6.19. The molecule has 0 bridgehead atoms. The van der Waals surface area contributed by atoms with Crippen molar-refractivity contribution in [1.29, 1.82) is 0 Å². The van der Waals surface area contributed by atoms with Gasteiger partial charge in [0.25, 0.3) is 0 Å². The van der Waals surface area contributed by atoms with Gasteiger partial charge in [0.05, 0.1) is 11.7 Å². The third-order valence-corrected chi connectivity index (χ3v) is 1.67. The molecule has 58 valence electrons. The van der Waals surface area contributed by atoms with Crippen LogP contribution in [0.2, 0.25) is 0 Å². The number of nitrogens with zero attached hydrogens (tertiary/aromatic N) is 2. The molecule has 0 aliphatic heterocycles. The van der Waals surface area contributed by atoms with Crippen LogP contribution < -0.4 is 10.6 Å². The Kier molecular flexibility index (Phi) is 1.09. The van der Waals surface area contributed by atoms with Crippen LogP contribution in [0.3, 0.4) is 0 Å². The standard InChI is InChI=1S/C7H9N3O/c1-11-9-5-4-6-2-3-7(8)10(6)9/h2-5H,8H2,1H3. The monoisotopic (exact) mass is 151 g/mol. The van der Waals surface area contributed by atoms with E-state index in [1.165, 1.54) is 0 Å². The molecule has 2 aromatic heterocycles. The van der Waals surface area contributed by atoms with Gasteiger partial charge in [0.15, 0.2) is 0 Å². The minimum Gasteiger partial charge on any atom is -0.401 e. The molecule has 2 heterocycles. The van der Waals surface area contributed by atoms with E-state index in [0.717, 1.165) is 5.52 Å². The van der Waals surface area contributed by atoms with Gasteiger partial charge in [0.2, 0.25) is 0 Å². The zero-order valence-corrected chi connectivity index (χ0v) is 6.19. The molecule has 0 radical (unpaired) electrons. The SMILES string of the molecule is COn1ccc2ccc(N)n21. The Morgan fingerprint density at radius 2 is 2.18 bits per heavy atom. The molecule has 0 unspecified atom stereocenters. The third-order valence-electron chi connectivity index (χ3n) is 1.67. The maximum atomic E-state index is 5.66. The number of nitrogens with two attached hydrogens (primary N) is 1. The highest BCUT2D eigenvalue weighted by atomic mass is 16.7. The van der Waals surface area contributed by atoms with Crippen molar-refractivity contribution in [2.75, 3.05) is 12.8 Å². The van der Waals surface area contributed by atoms with Gasteiger partial charge in [0.1, 0.15) is 12.9 Å². The van der Waals surface area contributed by atoms with Crippen LogP contribution in [0.1, 0.15) is 0 Å². The Labute approximate surface area is 63.7 Å². The molecule has 0 fully saturated rings. The molecule has 0 atom stereocenters. The van der Waals surface area contributed by atoms with Gasteiger partial charge >= 0.3 is 0 Å². The average Bonchev–Trinajstić information content (AvgIpc) is 2.54.